The van der Waals surface area contributed by atoms with Gasteiger partial charge in [-0.25, -0.2) is 9.18 Å². The quantitative estimate of drug-likeness (QED) is 0.627. The number of carbonyl (C=O) groups excluding carboxylic acids is 2. The van der Waals surface area contributed by atoms with Crippen molar-refractivity contribution in [1.82, 2.24) is 10.2 Å². The number of halogens is 1. The summed E-state index contributed by atoms with van der Waals surface area (Å²) < 4.78 is 19.3. The second kappa shape index (κ2) is 9.24. The molecule has 9 heteroatoms. The molecule has 0 spiro atoms. The third kappa shape index (κ3) is 5.41. The molecule has 0 aromatic heterocycles. The van der Waals surface area contributed by atoms with Crippen LogP contribution in [0.25, 0.3) is 11.1 Å². The number of benzene rings is 2. The van der Waals surface area contributed by atoms with Crippen molar-refractivity contribution < 1.29 is 18.7 Å². The molecule has 2 aliphatic heterocycles. The van der Waals surface area contributed by atoms with Crippen molar-refractivity contribution in [3.05, 3.63) is 59.4 Å². The van der Waals surface area contributed by atoms with Crippen molar-refractivity contribution in [2.24, 2.45) is 5.92 Å². The van der Waals surface area contributed by atoms with Crippen LogP contribution in [0, 0.1) is 34.4 Å². The van der Waals surface area contributed by atoms with E-state index < -0.39 is 27.6 Å². The second-order valence-electron chi connectivity index (χ2n) is 9.76. The Labute approximate surface area is 207 Å². The fraction of sp³-hybridized carbons (Fsp3) is 0.385. The van der Waals surface area contributed by atoms with Gasteiger partial charge in [0.25, 0.3) is 0 Å². The summed E-state index contributed by atoms with van der Waals surface area (Å²) in [6.45, 7) is 5.88. The molecule has 2 fully saturated rings. The maximum absolute atomic E-state index is 14.9. The van der Waals surface area contributed by atoms with Gasteiger partial charge in [-0.05, 0) is 55.7 Å². The molecular formula is C26H25FN4O3S. The van der Waals surface area contributed by atoms with Gasteiger partial charge < -0.3 is 15.0 Å². The van der Waals surface area contributed by atoms with Crippen LogP contribution >= 0.6 is 11.8 Å². The van der Waals surface area contributed by atoms with Crippen molar-refractivity contribution in [3.8, 4) is 23.3 Å². The molecule has 0 aliphatic carbocycles. The summed E-state index contributed by atoms with van der Waals surface area (Å²) >= 11 is 1.29. The molecule has 2 aromatic carbocycles. The van der Waals surface area contributed by atoms with E-state index in [2.05, 4.69) is 17.5 Å². The van der Waals surface area contributed by atoms with Gasteiger partial charge in [0.2, 0.25) is 5.91 Å². The van der Waals surface area contributed by atoms with Gasteiger partial charge in [0.1, 0.15) is 21.5 Å². The first-order valence-electron chi connectivity index (χ1n) is 11.2. The molecule has 0 radical (unpaired) electrons. The molecule has 2 atom stereocenters. The zero-order valence-corrected chi connectivity index (χ0v) is 20.5. The Morgan fingerprint density at radius 1 is 1.17 bits per heavy atom. The third-order valence-corrected chi connectivity index (χ3v) is 7.31. The summed E-state index contributed by atoms with van der Waals surface area (Å²) in [5.74, 6) is -1.01. The van der Waals surface area contributed by atoms with Crippen LogP contribution in [0.4, 0.5) is 9.18 Å². The van der Waals surface area contributed by atoms with E-state index in [1.54, 1.807) is 57.2 Å². The number of nitrogens with one attached hydrogen (secondary N) is 1. The Kier molecular flexibility index (Phi) is 6.48. The van der Waals surface area contributed by atoms with Crippen LogP contribution in [0.5, 0.6) is 0 Å². The van der Waals surface area contributed by atoms with Gasteiger partial charge in [-0.15, -0.1) is 11.8 Å². The lowest BCUT2D eigenvalue weighted by atomic mass is 9.96. The van der Waals surface area contributed by atoms with Gasteiger partial charge >= 0.3 is 6.09 Å². The van der Waals surface area contributed by atoms with E-state index in [-0.39, 0.29) is 31.3 Å². The minimum Gasteiger partial charge on any atom is -0.444 e. The predicted molar refractivity (Wildman–Crippen MR) is 129 cm³/mol. The van der Waals surface area contributed by atoms with Gasteiger partial charge in [0.05, 0.1) is 23.6 Å². The summed E-state index contributed by atoms with van der Waals surface area (Å²) in [6, 6.07) is 16.0. The topological polar surface area (TPSA) is 106 Å². The first-order valence-corrected chi connectivity index (χ1v) is 12.1. The molecule has 180 valence electrons. The van der Waals surface area contributed by atoms with Crippen LogP contribution in [0.2, 0.25) is 0 Å². The lowest BCUT2D eigenvalue weighted by Gasteiger charge is -2.38. The number of ether oxygens (including phenoxy) is 1. The molecular weight excluding hydrogens is 467 g/mol. The molecule has 1 N–H and O–H groups in total. The number of likely N-dealkylation sites (tertiary alicyclic amines) is 1. The van der Waals surface area contributed by atoms with E-state index in [4.69, 9.17) is 10.00 Å². The predicted octanol–water partition coefficient (Wildman–Crippen LogP) is 4.23. The molecule has 2 heterocycles. The first-order chi connectivity index (χ1) is 16.5. The minimum absolute atomic E-state index is 0.160. The summed E-state index contributed by atoms with van der Waals surface area (Å²) in [5.41, 5.74) is 1.79. The summed E-state index contributed by atoms with van der Waals surface area (Å²) in [7, 11) is 0. The average Bonchev–Trinajstić information content (AvgIpc) is 3.45. The smallest absolute Gasteiger partial charge is 0.410 e. The largest absolute Gasteiger partial charge is 0.444 e. The molecule has 4 rings (SSSR count). The molecule has 2 amide bonds. The fourth-order valence-corrected chi connectivity index (χ4v) is 4.85. The van der Waals surface area contributed by atoms with E-state index >= 15 is 0 Å². The van der Waals surface area contributed by atoms with Crippen molar-refractivity contribution in [2.75, 3.05) is 13.1 Å². The number of carbonyl (C=O) groups is 2. The summed E-state index contributed by atoms with van der Waals surface area (Å²) in [5, 5.41) is 21.1. The maximum Gasteiger partial charge on any atom is 0.410 e. The van der Waals surface area contributed by atoms with Gasteiger partial charge in [-0.3, -0.25) is 4.79 Å². The van der Waals surface area contributed by atoms with Gasteiger partial charge in [-0.1, -0.05) is 24.3 Å². The van der Waals surface area contributed by atoms with Gasteiger partial charge in [-0.2, -0.15) is 10.5 Å². The van der Waals surface area contributed by atoms with Crippen molar-refractivity contribution in [1.29, 1.82) is 10.5 Å². The number of amides is 2. The zero-order chi connectivity index (χ0) is 25.4. The molecule has 2 aliphatic rings. The highest BCUT2D eigenvalue weighted by atomic mass is 32.2. The second-order valence-corrected chi connectivity index (χ2v) is 11.2. The van der Waals surface area contributed by atoms with Gasteiger partial charge in [0.15, 0.2) is 0 Å². The van der Waals surface area contributed by atoms with Crippen LogP contribution in [-0.2, 0) is 16.0 Å². The van der Waals surface area contributed by atoms with Crippen LogP contribution < -0.4 is 5.32 Å². The molecule has 2 aromatic rings. The number of nitriles is 2. The van der Waals surface area contributed by atoms with Crippen LogP contribution in [0.15, 0.2) is 42.5 Å². The lowest BCUT2D eigenvalue weighted by Crippen LogP contribution is -2.57. The highest BCUT2D eigenvalue weighted by molar-refractivity contribution is 8.09. The summed E-state index contributed by atoms with van der Waals surface area (Å²) in [6.07, 6.45) is -0.290. The Bertz CT molecular complexity index is 1240. The van der Waals surface area contributed by atoms with Crippen LogP contribution in [0.1, 0.15) is 31.9 Å². The number of rotatable bonds is 5. The monoisotopic (exact) mass is 492 g/mol. The number of nitrogens with zero attached hydrogens (tertiary/aromatic N) is 3. The van der Waals surface area contributed by atoms with E-state index in [9.17, 15) is 19.2 Å². The third-order valence-electron chi connectivity index (χ3n) is 5.91. The first kappa shape index (κ1) is 24.6. The van der Waals surface area contributed by atoms with Crippen molar-refractivity contribution in [3.63, 3.8) is 0 Å². The lowest BCUT2D eigenvalue weighted by molar-refractivity contribution is -0.129. The maximum atomic E-state index is 14.9. The summed E-state index contributed by atoms with van der Waals surface area (Å²) in [4.78, 5) is 26.1. The van der Waals surface area contributed by atoms with E-state index in [0.29, 0.717) is 16.7 Å². The van der Waals surface area contributed by atoms with E-state index in [0.717, 1.165) is 5.56 Å². The minimum atomic E-state index is -0.930. The van der Waals surface area contributed by atoms with E-state index in [1.165, 1.54) is 22.7 Å². The Balaban J connectivity index is 1.33. The Morgan fingerprint density at radius 2 is 1.83 bits per heavy atom. The molecule has 2 saturated heterocycles. The number of thioether (sulfide) groups is 1. The molecule has 1 unspecified atom stereocenters. The van der Waals surface area contributed by atoms with Crippen molar-refractivity contribution >= 4 is 23.8 Å². The molecule has 7 nitrogen and oxygen atoms in total. The van der Waals surface area contributed by atoms with Crippen molar-refractivity contribution in [2.45, 2.75) is 42.9 Å². The highest BCUT2D eigenvalue weighted by Crippen LogP contribution is 2.54. The number of hydrogen-bond donors (Lipinski definition) is 1. The SMILES string of the molecule is CC(C)(C)OC(=O)N1CC(C(=O)NC2S[C@]2(C#N)Cc2ccc(-c3ccc(C#N)cc3)cc2F)C1. The normalized spacial score (nSPS) is 21.3. The average molecular weight is 493 g/mol. The van der Waals surface area contributed by atoms with E-state index in [1.807, 2.05) is 0 Å². The molecule has 0 saturated carbocycles. The standard InChI is InChI=1S/C26H25FN4O3S/c1-25(2,3)34-24(33)31-13-20(14-31)22(32)30-23-26(15-29,35-23)11-19-9-8-18(10-21(19)27)17-6-4-16(12-28)5-7-17/h4-10,20,23H,11,13-14H2,1-3H3,(H,30,32)/t23?,26-/m0/s1. The van der Waals surface area contributed by atoms with Crippen LogP contribution in [-0.4, -0.2) is 45.7 Å². The number of hydrogen-bond acceptors (Lipinski definition) is 6. The Hall–Kier alpha value is -3.56. The highest BCUT2D eigenvalue weighted by Gasteiger charge is 2.58. The van der Waals surface area contributed by atoms with Crippen LogP contribution in [0.3, 0.4) is 0 Å². The molecule has 0 bridgehead atoms. The molecule has 35 heavy (non-hydrogen) atoms. The zero-order valence-electron chi connectivity index (χ0n) is 19.7. The Morgan fingerprint density at radius 3 is 2.40 bits per heavy atom. The van der Waals surface area contributed by atoms with Gasteiger partial charge in [0, 0.05) is 19.5 Å². The fourth-order valence-electron chi connectivity index (χ4n) is 3.84.